The van der Waals surface area contributed by atoms with Crippen molar-refractivity contribution in [1.29, 1.82) is 0 Å². The van der Waals surface area contributed by atoms with E-state index in [1.807, 2.05) is 0 Å². The number of nitrogens with two attached hydrogens (primary N) is 1. The summed E-state index contributed by atoms with van der Waals surface area (Å²) in [6, 6.07) is 10.3. The number of hydrogen-bond donors (Lipinski definition) is 1. The molecule has 0 spiro atoms. The van der Waals surface area contributed by atoms with E-state index in [1.165, 1.54) is 6.07 Å². The zero-order valence-electron chi connectivity index (χ0n) is 10.2. The third-order valence-electron chi connectivity index (χ3n) is 2.65. The fraction of sp³-hybridized carbons (Fsp3) is 0.143. The number of benzene rings is 2. The fourth-order valence-corrected chi connectivity index (χ4v) is 1.91. The van der Waals surface area contributed by atoms with E-state index in [1.54, 1.807) is 24.3 Å². The molecule has 0 heterocycles. The lowest BCUT2D eigenvalue weighted by molar-refractivity contribution is -0.137. The molecule has 0 fully saturated rings. The highest BCUT2D eigenvalue weighted by Gasteiger charge is 2.31. The molecule has 106 valence electrons. The lowest BCUT2D eigenvalue weighted by atomic mass is 10.1. The lowest BCUT2D eigenvalue weighted by Crippen LogP contribution is -2.08. The van der Waals surface area contributed by atoms with Crippen molar-refractivity contribution in [3.05, 3.63) is 58.1 Å². The van der Waals surface area contributed by atoms with Gasteiger partial charge in [-0.15, -0.1) is 0 Å². The maximum Gasteiger partial charge on any atom is 0.416 e. The molecule has 0 aliphatic heterocycles. The van der Waals surface area contributed by atoms with Crippen molar-refractivity contribution in [3.63, 3.8) is 0 Å². The quantitative estimate of drug-likeness (QED) is 0.873. The highest BCUT2D eigenvalue weighted by molar-refractivity contribution is 9.10. The van der Waals surface area contributed by atoms with Gasteiger partial charge in [0.15, 0.2) is 0 Å². The summed E-state index contributed by atoms with van der Waals surface area (Å²) in [5, 5.41) is 0. The molecule has 0 amide bonds. The summed E-state index contributed by atoms with van der Waals surface area (Å²) in [6.07, 6.45) is -4.39. The topological polar surface area (TPSA) is 35.2 Å². The molecule has 0 aliphatic carbocycles. The lowest BCUT2D eigenvalue weighted by Gasteiger charge is -2.13. The van der Waals surface area contributed by atoms with Gasteiger partial charge in [0.05, 0.1) is 5.56 Å². The smallest absolute Gasteiger partial charge is 0.416 e. The Morgan fingerprint density at radius 3 is 2.25 bits per heavy atom. The first-order chi connectivity index (χ1) is 9.40. The van der Waals surface area contributed by atoms with Crippen LogP contribution < -0.4 is 10.5 Å². The van der Waals surface area contributed by atoms with E-state index < -0.39 is 11.7 Å². The molecule has 2 N–H and O–H groups in total. The van der Waals surface area contributed by atoms with E-state index in [4.69, 9.17) is 10.5 Å². The van der Waals surface area contributed by atoms with Crippen molar-refractivity contribution in [1.82, 2.24) is 0 Å². The van der Waals surface area contributed by atoms with E-state index in [9.17, 15) is 13.2 Å². The normalized spacial score (nSPS) is 11.4. The van der Waals surface area contributed by atoms with Crippen LogP contribution in [0.25, 0.3) is 0 Å². The summed E-state index contributed by atoms with van der Waals surface area (Å²) in [5.41, 5.74) is 5.06. The second kappa shape index (κ2) is 5.85. The van der Waals surface area contributed by atoms with E-state index in [0.29, 0.717) is 17.1 Å². The van der Waals surface area contributed by atoms with Gasteiger partial charge in [-0.05, 0) is 42.5 Å². The molecular weight excluding hydrogens is 335 g/mol. The van der Waals surface area contributed by atoms with Crippen LogP contribution >= 0.6 is 15.9 Å². The molecule has 6 heteroatoms. The van der Waals surface area contributed by atoms with E-state index in [0.717, 1.165) is 16.6 Å². The molecule has 20 heavy (non-hydrogen) atoms. The largest absolute Gasteiger partial charge is 0.457 e. The average Bonchev–Trinajstić information content (AvgIpc) is 2.40. The molecule has 2 aromatic carbocycles. The average molecular weight is 346 g/mol. The molecule has 0 unspecified atom stereocenters. The number of halogens is 4. The van der Waals surface area contributed by atoms with Gasteiger partial charge < -0.3 is 10.5 Å². The Morgan fingerprint density at radius 2 is 1.70 bits per heavy atom. The minimum Gasteiger partial charge on any atom is -0.457 e. The molecule has 2 nitrogen and oxygen atoms in total. The van der Waals surface area contributed by atoms with Crippen molar-refractivity contribution >= 4 is 15.9 Å². The molecule has 0 saturated heterocycles. The molecule has 0 saturated carbocycles. The first-order valence-corrected chi connectivity index (χ1v) is 6.53. The van der Waals surface area contributed by atoms with Gasteiger partial charge in [-0.2, -0.15) is 13.2 Å². The summed E-state index contributed by atoms with van der Waals surface area (Å²) < 4.78 is 44.3. The van der Waals surface area contributed by atoms with Crippen molar-refractivity contribution in [2.45, 2.75) is 12.7 Å². The standard InChI is InChI=1S/C14H11BrF3NO/c15-11-2-4-12(5-3-11)20-13-6-1-10(14(16,17)18)7-9(13)8-19/h1-7H,8,19H2. The highest BCUT2D eigenvalue weighted by atomic mass is 79.9. The van der Waals surface area contributed by atoms with Crippen molar-refractivity contribution in [2.24, 2.45) is 5.73 Å². The zero-order chi connectivity index (χ0) is 14.8. The molecule has 0 atom stereocenters. The van der Waals surface area contributed by atoms with Crippen LogP contribution in [-0.4, -0.2) is 0 Å². The minimum atomic E-state index is -4.39. The van der Waals surface area contributed by atoms with Crippen molar-refractivity contribution in [2.75, 3.05) is 0 Å². The Morgan fingerprint density at radius 1 is 1.05 bits per heavy atom. The Bertz CT molecular complexity index is 596. The predicted octanol–water partition coefficient (Wildman–Crippen LogP) is 4.72. The van der Waals surface area contributed by atoms with Crippen LogP contribution in [0.2, 0.25) is 0 Å². The third kappa shape index (κ3) is 3.52. The van der Waals surface area contributed by atoms with Gasteiger partial charge >= 0.3 is 6.18 Å². The summed E-state index contributed by atoms with van der Waals surface area (Å²) in [5.74, 6) is 0.852. The molecule has 0 aliphatic rings. The number of hydrogen-bond acceptors (Lipinski definition) is 2. The van der Waals surface area contributed by atoms with Crippen LogP contribution in [-0.2, 0) is 12.7 Å². The van der Waals surface area contributed by atoms with Gasteiger partial charge in [0.2, 0.25) is 0 Å². The molecule has 2 rings (SSSR count). The summed E-state index contributed by atoms with van der Waals surface area (Å²) >= 11 is 3.29. The van der Waals surface area contributed by atoms with Crippen LogP contribution in [0.3, 0.4) is 0 Å². The van der Waals surface area contributed by atoms with E-state index in [2.05, 4.69) is 15.9 Å². The molecule has 0 aromatic heterocycles. The predicted molar refractivity (Wildman–Crippen MR) is 73.6 cm³/mol. The number of alkyl halides is 3. The molecule has 0 bridgehead atoms. The van der Waals surface area contributed by atoms with Gasteiger partial charge in [0, 0.05) is 16.6 Å². The Kier molecular flexibility index (Phi) is 4.35. The summed E-state index contributed by atoms with van der Waals surface area (Å²) in [4.78, 5) is 0. The Balaban J connectivity index is 2.30. The zero-order valence-corrected chi connectivity index (χ0v) is 11.8. The van der Waals surface area contributed by atoms with Gasteiger partial charge in [0.1, 0.15) is 11.5 Å². The Labute approximate surface area is 122 Å². The van der Waals surface area contributed by atoms with Crippen molar-refractivity contribution in [3.8, 4) is 11.5 Å². The van der Waals surface area contributed by atoms with Crippen LogP contribution in [0.15, 0.2) is 46.9 Å². The fourth-order valence-electron chi connectivity index (χ4n) is 1.64. The molecule has 0 radical (unpaired) electrons. The second-order valence-electron chi connectivity index (χ2n) is 4.08. The SMILES string of the molecule is NCc1cc(C(F)(F)F)ccc1Oc1ccc(Br)cc1. The first-order valence-electron chi connectivity index (χ1n) is 5.74. The van der Waals surface area contributed by atoms with Gasteiger partial charge in [0.25, 0.3) is 0 Å². The highest BCUT2D eigenvalue weighted by Crippen LogP contribution is 2.34. The van der Waals surface area contributed by atoms with Gasteiger partial charge in [-0.3, -0.25) is 0 Å². The van der Waals surface area contributed by atoms with Gasteiger partial charge in [-0.25, -0.2) is 0 Å². The molecular formula is C14H11BrF3NO. The summed E-state index contributed by atoms with van der Waals surface area (Å²) in [7, 11) is 0. The summed E-state index contributed by atoms with van der Waals surface area (Å²) in [6.45, 7) is -0.0320. The van der Waals surface area contributed by atoms with Crippen LogP contribution in [0, 0.1) is 0 Å². The van der Waals surface area contributed by atoms with Crippen LogP contribution in [0.4, 0.5) is 13.2 Å². The molecule has 2 aromatic rings. The number of ether oxygens (including phenoxy) is 1. The number of rotatable bonds is 3. The van der Waals surface area contributed by atoms with E-state index >= 15 is 0 Å². The Hall–Kier alpha value is -1.53. The van der Waals surface area contributed by atoms with Crippen LogP contribution in [0.1, 0.15) is 11.1 Å². The second-order valence-corrected chi connectivity index (χ2v) is 5.00. The van der Waals surface area contributed by atoms with Crippen LogP contribution in [0.5, 0.6) is 11.5 Å². The third-order valence-corrected chi connectivity index (χ3v) is 3.18. The first kappa shape index (κ1) is 14.9. The monoisotopic (exact) mass is 345 g/mol. The minimum absolute atomic E-state index is 0.0320. The van der Waals surface area contributed by atoms with E-state index in [-0.39, 0.29) is 6.54 Å². The van der Waals surface area contributed by atoms with Gasteiger partial charge in [-0.1, -0.05) is 15.9 Å². The maximum atomic E-state index is 12.6. The van der Waals surface area contributed by atoms with Crippen molar-refractivity contribution < 1.29 is 17.9 Å². The maximum absolute atomic E-state index is 12.6.